The van der Waals surface area contributed by atoms with E-state index in [1.165, 1.54) is 30.2 Å². The van der Waals surface area contributed by atoms with Crippen molar-refractivity contribution in [1.29, 1.82) is 0 Å². The van der Waals surface area contributed by atoms with Gasteiger partial charge in [-0.15, -0.1) is 13.2 Å². The van der Waals surface area contributed by atoms with Crippen LogP contribution in [0, 0.1) is 12.8 Å². The number of nitrogens with one attached hydrogen (secondary N) is 3. The van der Waals surface area contributed by atoms with E-state index in [4.69, 9.17) is 14.2 Å². The van der Waals surface area contributed by atoms with Crippen molar-refractivity contribution >= 4 is 44.7 Å². The molecule has 4 amide bonds. The van der Waals surface area contributed by atoms with Crippen molar-refractivity contribution < 1.29 is 59.7 Å². The van der Waals surface area contributed by atoms with Crippen LogP contribution in [0.4, 0.5) is 18.0 Å². The van der Waals surface area contributed by atoms with Gasteiger partial charge in [-0.25, -0.2) is 18.2 Å². The van der Waals surface area contributed by atoms with E-state index in [1.54, 1.807) is 27.7 Å². The molecule has 5 aliphatic rings. The zero-order valence-corrected chi connectivity index (χ0v) is 35.1. The van der Waals surface area contributed by atoms with Gasteiger partial charge in [-0.1, -0.05) is 25.0 Å². The lowest BCUT2D eigenvalue weighted by Crippen LogP contribution is -2.58. The molecule has 7 rings (SSSR count). The second-order valence-electron chi connectivity index (χ2n) is 17.7. The third kappa shape index (κ3) is 8.88. The first-order chi connectivity index (χ1) is 28.1. The van der Waals surface area contributed by atoms with Crippen LogP contribution in [0.15, 0.2) is 30.4 Å². The number of aromatic nitrogens is 1. The first-order valence-corrected chi connectivity index (χ1v) is 21.8. The smallest absolute Gasteiger partial charge is 0.483 e. The molecule has 1 aromatic heterocycles. The van der Waals surface area contributed by atoms with Crippen molar-refractivity contribution in [3.05, 3.63) is 41.6 Å². The minimum atomic E-state index is -4.91. The van der Waals surface area contributed by atoms with Crippen molar-refractivity contribution in [1.82, 2.24) is 25.2 Å². The summed E-state index contributed by atoms with van der Waals surface area (Å²) in [4.78, 5) is 62.7. The molecule has 328 valence electrons. The molecule has 2 aromatic rings. The van der Waals surface area contributed by atoms with E-state index in [0.717, 1.165) is 6.42 Å². The van der Waals surface area contributed by atoms with Gasteiger partial charge in [0, 0.05) is 30.4 Å². The van der Waals surface area contributed by atoms with Crippen LogP contribution in [0.5, 0.6) is 11.5 Å². The van der Waals surface area contributed by atoms with Crippen molar-refractivity contribution in [2.45, 2.75) is 138 Å². The fourth-order valence-electron chi connectivity index (χ4n) is 8.67. The number of hydrogen-bond donors (Lipinski definition) is 3. The van der Waals surface area contributed by atoms with E-state index in [1.807, 2.05) is 12.2 Å². The van der Waals surface area contributed by atoms with Crippen molar-refractivity contribution in [3.63, 3.8) is 0 Å². The summed E-state index contributed by atoms with van der Waals surface area (Å²) in [5, 5.41) is 5.98. The van der Waals surface area contributed by atoms with Gasteiger partial charge in [0.25, 0.3) is 5.91 Å². The van der Waals surface area contributed by atoms with E-state index >= 15 is 0 Å². The molecule has 2 saturated carbocycles. The van der Waals surface area contributed by atoms with Crippen LogP contribution in [-0.2, 0) is 40.3 Å². The number of fused-ring (bicyclic) bond motifs is 5. The Morgan fingerprint density at radius 1 is 1.10 bits per heavy atom. The number of carbonyl (C=O) groups excluding carboxylic acids is 4. The Hall–Kier alpha value is -4.65. The molecular weight excluding hydrogens is 812 g/mol. The number of hydrogen-bond acceptors (Lipinski definition) is 11. The molecule has 3 N–H and O–H groups in total. The maximum Gasteiger partial charge on any atom is 0.573 e. The van der Waals surface area contributed by atoms with Gasteiger partial charge in [0.1, 0.15) is 40.3 Å². The van der Waals surface area contributed by atoms with E-state index in [9.17, 15) is 40.8 Å². The van der Waals surface area contributed by atoms with E-state index < -0.39 is 85.4 Å². The average Bonchev–Trinajstić information content (AvgIpc) is 4.04. The van der Waals surface area contributed by atoms with E-state index in [-0.39, 0.29) is 45.3 Å². The number of rotatable bonds is 8. The van der Waals surface area contributed by atoms with Crippen LogP contribution in [0.2, 0.25) is 0 Å². The zero-order valence-electron chi connectivity index (χ0n) is 34.3. The van der Waals surface area contributed by atoms with Crippen molar-refractivity contribution in [2.24, 2.45) is 5.92 Å². The van der Waals surface area contributed by atoms with Gasteiger partial charge in [-0.3, -0.25) is 19.1 Å². The molecule has 1 saturated heterocycles. The first kappa shape index (κ1) is 43.4. The molecule has 0 bridgehead atoms. The molecule has 19 heteroatoms. The van der Waals surface area contributed by atoms with Crippen LogP contribution in [-0.4, -0.2) is 102 Å². The second-order valence-corrected chi connectivity index (χ2v) is 19.9. The van der Waals surface area contributed by atoms with E-state index in [2.05, 4.69) is 25.1 Å². The summed E-state index contributed by atoms with van der Waals surface area (Å²) >= 11 is 0. The molecule has 4 heterocycles. The van der Waals surface area contributed by atoms with Crippen molar-refractivity contribution in [3.8, 4) is 11.5 Å². The lowest BCUT2D eigenvalue weighted by molar-refractivity contribution is -0.274. The highest BCUT2D eigenvalue weighted by Crippen LogP contribution is 2.49. The highest BCUT2D eigenvalue weighted by Gasteiger charge is 2.64. The Balaban J connectivity index is 1.23. The molecule has 0 unspecified atom stereocenters. The third-order valence-electron chi connectivity index (χ3n) is 12.3. The topological polar surface area (TPSA) is 192 Å². The fourth-order valence-corrected chi connectivity index (χ4v) is 9.98. The standard InChI is InChI=1S/C41H52F3N5O10S/c1-24-32-27(28-19-26(57-41(42,43)44)13-14-29(28)45-24)15-16-39(58-32)21-31-33(50)47-40(35(52)48-60(54,55)38(4)17-18-38)20-25(40)11-9-7-6-8-10-12-30(34(51)49(31)22-39)46-36(53)59-37(2,3)23-56-5/h9,11,13-14,19,25,30-31H,6-8,10,12,15-18,20-23H2,1-5H3,(H,46,53)(H,47,50)(H,48,52)/b11-9-/t25-,30+,31+,39-,40-/m1/s1. The summed E-state index contributed by atoms with van der Waals surface area (Å²) in [5.41, 5.74) is -2.39. The van der Waals surface area contributed by atoms with Crippen LogP contribution in [0.25, 0.3) is 10.9 Å². The number of nitrogens with zero attached hydrogens (tertiary/aromatic N) is 2. The average molecular weight is 864 g/mol. The van der Waals surface area contributed by atoms with Gasteiger partial charge in [0.2, 0.25) is 21.8 Å². The number of amides is 4. The molecule has 3 fully saturated rings. The maximum absolute atomic E-state index is 14.8. The number of methoxy groups -OCH3 is 1. The number of sulfonamides is 1. The number of benzene rings is 1. The number of aryl methyl sites for hydroxylation is 2. The molecule has 1 aromatic carbocycles. The maximum atomic E-state index is 14.8. The number of allylic oxidation sites excluding steroid dienone is 1. The van der Waals surface area contributed by atoms with Crippen LogP contribution >= 0.6 is 0 Å². The lowest BCUT2D eigenvalue weighted by Gasteiger charge is -2.37. The monoisotopic (exact) mass is 863 g/mol. The predicted octanol–water partition coefficient (Wildman–Crippen LogP) is 5.02. The summed E-state index contributed by atoms with van der Waals surface area (Å²) in [6, 6.07) is 1.49. The largest absolute Gasteiger partial charge is 0.573 e. The fraction of sp³-hybridized carbons (Fsp3) is 0.634. The van der Waals surface area contributed by atoms with Gasteiger partial charge in [0.05, 0.1) is 29.1 Å². The number of ether oxygens (including phenoxy) is 4. The molecule has 5 atom stereocenters. The number of pyridine rings is 1. The molecular formula is C41H52F3N5O10S. The SMILES string of the molecule is COCC(C)(C)OC(=O)N[C@H]1CCCCC/C=C\[C@@H]2C[C@@]2(C(=O)NS(=O)(=O)C2(C)CC2)NC(=O)[C@@H]2C[C@]3(CCc4c(c(C)nc5ccc(OC(F)(F)F)cc45)O3)CN2C1=O. The van der Waals surface area contributed by atoms with Gasteiger partial charge in [-0.05, 0) is 97.3 Å². The molecule has 15 nitrogen and oxygen atoms in total. The molecule has 2 aliphatic carbocycles. The summed E-state index contributed by atoms with van der Waals surface area (Å²) in [5.74, 6) is -2.80. The summed E-state index contributed by atoms with van der Waals surface area (Å²) < 4.78 is 88.8. The van der Waals surface area contributed by atoms with Gasteiger partial charge in [-0.2, -0.15) is 0 Å². The molecule has 0 radical (unpaired) electrons. The van der Waals surface area contributed by atoms with E-state index in [0.29, 0.717) is 60.0 Å². The zero-order chi connectivity index (χ0) is 43.5. The highest BCUT2D eigenvalue weighted by atomic mass is 32.2. The summed E-state index contributed by atoms with van der Waals surface area (Å²) in [6.45, 7) is 6.51. The summed E-state index contributed by atoms with van der Waals surface area (Å²) in [6.07, 6.45) is 2.10. The predicted molar refractivity (Wildman–Crippen MR) is 210 cm³/mol. The van der Waals surface area contributed by atoms with Crippen LogP contribution in [0.3, 0.4) is 0 Å². The summed E-state index contributed by atoms with van der Waals surface area (Å²) in [7, 11) is -2.60. The quantitative estimate of drug-likeness (QED) is 0.302. The van der Waals surface area contributed by atoms with Crippen molar-refractivity contribution in [2.75, 3.05) is 20.3 Å². The molecule has 1 spiro atoms. The lowest BCUT2D eigenvalue weighted by atomic mass is 9.87. The minimum absolute atomic E-state index is 0.0642. The second kappa shape index (κ2) is 15.7. The Morgan fingerprint density at radius 2 is 1.85 bits per heavy atom. The number of alkyl carbamates (subject to hydrolysis) is 1. The Kier molecular flexibility index (Phi) is 11.3. The normalized spacial score (nSPS) is 28.5. The number of alkyl halides is 3. The number of carbonyl (C=O) groups is 4. The number of halogens is 3. The van der Waals surface area contributed by atoms with Crippen LogP contribution in [0.1, 0.15) is 96.2 Å². The third-order valence-corrected chi connectivity index (χ3v) is 14.5. The molecule has 60 heavy (non-hydrogen) atoms. The highest BCUT2D eigenvalue weighted by molar-refractivity contribution is 7.91. The van der Waals surface area contributed by atoms with Gasteiger partial charge >= 0.3 is 12.5 Å². The first-order valence-electron chi connectivity index (χ1n) is 20.3. The van der Waals surface area contributed by atoms with Crippen LogP contribution < -0.4 is 24.8 Å². The van der Waals surface area contributed by atoms with Gasteiger partial charge < -0.3 is 34.5 Å². The van der Waals surface area contributed by atoms with Gasteiger partial charge in [0.15, 0.2) is 0 Å². The Morgan fingerprint density at radius 3 is 2.55 bits per heavy atom. The Labute approximate surface area is 346 Å². The minimum Gasteiger partial charge on any atom is -0.483 e. The Bertz CT molecular complexity index is 2210. The molecule has 3 aliphatic heterocycles.